The normalized spacial score (nSPS) is 22.1. The molecule has 2 fully saturated rings. The van der Waals surface area contributed by atoms with Crippen LogP contribution in [0.3, 0.4) is 0 Å². The van der Waals surface area contributed by atoms with Gasteiger partial charge in [-0.05, 0) is 31.9 Å². The molecule has 0 unspecified atom stereocenters. The molecule has 0 radical (unpaired) electrons. The van der Waals surface area contributed by atoms with Gasteiger partial charge in [0.1, 0.15) is 0 Å². The quantitative estimate of drug-likeness (QED) is 0.868. The number of rotatable bonds is 6. The summed E-state index contributed by atoms with van der Waals surface area (Å²) in [6.45, 7) is 3.26. The molecule has 5 nitrogen and oxygen atoms in total. The van der Waals surface area contributed by atoms with E-state index in [-0.39, 0.29) is 23.8 Å². The summed E-state index contributed by atoms with van der Waals surface area (Å²) < 4.78 is 0. The van der Waals surface area contributed by atoms with Gasteiger partial charge >= 0.3 is 0 Å². The van der Waals surface area contributed by atoms with Crippen molar-refractivity contribution in [3.05, 3.63) is 30.3 Å². The molecule has 3 rings (SSSR count). The number of nitrogens with zero attached hydrogens (tertiary/aromatic N) is 2. The summed E-state index contributed by atoms with van der Waals surface area (Å²) in [5, 5.41) is 3.02. The number of nitrogens with one attached hydrogen (secondary N) is 1. The van der Waals surface area contributed by atoms with E-state index in [1.54, 1.807) is 0 Å². The van der Waals surface area contributed by atoms with E-state index >= 15 is 0 Å². The van der Waals surface area contributed by atoms with Crippen molar-refractivity contribution in [2.24, 2.45) is 5.92 Å². The molecule has 2 aliphatic rings. The molecule has 1 saturated heterocycles. The predicted molar refractivity (Wildman–Crippen MR) is 90.2 cm³/mol. The summed E-state index contributed by atoms with van der Waals surface area (Å²) >= 11 is 0. The van der Waals surface area contributed by atoms with E-state index < -0.39 is 0 Å². The van der Waals surface area contributed by atoms with Crippen LogP contribution in [-0.4, -0.2) is 48.9 Å². The minimum Gasteiger partial charge on any atom is -0.370 e. The predicted octanol–water partition coefficient (Wildman–Crippen LogP) is 1.64. The second kappa shape index (κ2) is 6.60. The average molecular weight is 315 g/mol. The molecule has 23 heavy (non-hydrogen) atoms. The van der Waals surface area contributed by atoms with Crippen LogP contribution in [0.1, 0.15) is 26.2 Å². The highest BCUT2D eigenvalue weighted by Crippen LogP contribution is 2.32. The molecule has 2 atom stereocenters. The van der Waals surface area contributed by atoms with Gasteiger partial charge in [-0.15, -0.1) is 0 Å². The molecule has 2 amide bonds. The molecule has 5 heteroatoms. The molecule has 0 spiro atoms. The van der Waals surface area contributed by atoms with Gasteiger partial charge in [0.15, 0.2) is 0 Å². The SMILES string of the molecule is C[C@H](CNC(=O)[C@H]1CC(=O)N(C2CC2)C1)N(C)c1ccccc1. The fourth-order valence-corrected chi connectivity index (χ4v) is 3.09. The van der Waals surface area contributed by atoms with Gasteiger partial charge in [0.25, 0.3) is 0 Å². The number of para-hydroxylation sites is 1. The maximum atomic E-state index is 12.3. The Morgan fingerprint density at radius 1 is 1.35 bits per heavy atom. The summed E-state index contributed by atoms with van der Waals surface area (Å²) in [6, 6.07) is 10.7. The van der Waals surface area contributed by atoms with E-state index in [2.05, 4.69) is 29.3 Å². The monoisotopic (exact) mass is 315 g/mol. The first-order valence-corrected chi connectivity index (χ1v) is 8.41. The lowest BCUT2D eigenvalue weighted by Crippen LogP contribution is -2.42. The first-order valence-electron chi connectivity index (χ1n) is 8.41. The molecule has 1 aromatic carbocycles. The first-order chi connectivity index (χ1) is 11.1. The summed E-state index contributed by atoms with van der Waals surface area (Å²) in [5.41, 5.74) is 1.13. The highest BCUT2D eigenvalue weighted by atomic mass is 16.2. The third-order valence-corrected chi connectivity index (χ3v) is 4.91. The number of anilines is 1. The minimum atomic E-state index is -0.183. The van der Waals surface area contributed by atoms with Gasteiger partial charge < -0.3 is 15.1 Å². The molecule has 1 heterocycles. The van der Waals surface area contributed by atoms with E-state index in [1.165, 1.54) is 0 Å². The topological polar surface area (TPSA) is 52.7 Å². The number of amides is 2. The number of hydrogen-bond acceptors (Lipinski definition) is 3. The fraction of sp³-hybridized carbons (Fsp3) is 0.556. The van der Waals surface area contributed by atoms with Gasteiger partial charge in [-0.25, -0.2) is 0 Å². The Balaban J connectivity index is 1.48. The van der Waals surface area contributed by atoms with E-state index in [0.29, 0.717) is 25.6 Å². The van der Waals surface area contributed by atoms with Crippen LogP contribution < -0.4 is 10.2 Å². The Labute approximate surface area is 137 Å². The van der Waals surface area contributed by atoms with Crippen LogP contribution in [0.5, 0.6) is 0 Å². The Kier molecular flexibility index (Phi) is 4.55. The van der Waals surface area contributed by atoms with Gasteiger partial charge in [0, 0.05) is 44.3 Å². The lowest BCUT2D eigenvalue weighted by Gasteiger charge is -2.27. The van der Waals surface area contributed by atoms with E-state index in [1.807, 2.05) is 30.1 Å². The van der Waals surface area contributed by atoms with Crippen molar-refractivity contribution in [1.29, 1.82) is 0 Å². The minimum absolute atomic E-state index is 0.00908. The maximum absolute atomic E-state index is 12.3. The molecule has 1 aliphatic carbocycles. The smallest absolute Gasteiger partial charge is 0.225 e. The standard InChI is InChI=1S/C18H25N3O2/c1-13(20(2)15-6-4-3-5-7-15)11-19-18(23)14-10-17(22)21(12-14)16-8-9-16/h3-7,13-14,16H,8-12H2,1-2H3,(H,19,23)/t13-,14+/m1/s1. The highest BCUT2D eigenvalue weighted by Gasteiger charge is 2.41. The zero-order valence-electron chi connectivity index (χ0n) is 13.9. The maximum Gasteiger partial charge on any atom is 0.225 e. The van der Waals surface area contributed by atoms with Crippen molar-refractivity contribution in [3.63, 3.8) is 0 Å². The Morgan fingerprint density at radius 3 is 2.70 bits per heavy atom. The van der Waals surface area contributed by atoms with Crippen molar-refractivity contribution < 1.29 is 9.59 Å². The van der Waals surface area contributed by atoms with E-state index in [4.69, 9.17) is 0 Å². The van der Waals surface area contributed by atoms with Crippen LogP contribution >= 0.6 is 0 Å². The van der Waals surface area contributed by atoms with Gasteiger partial charge in [-0.3, -0.25) is 9.59 Å². The zero-order valence-corrected chi connectivity index (χ0v) is 13.9. The van der Waals surface area contributed by atoms with Crippen LogP contribution in [0.15, 0.2) is 30.3 Å². The molecule has 0 bridgehead atoms. The second-order valence-corrected chi connectivity index (χ2v) is 6.72. The van der Waals surface area contributed by atoms with Gasteiger partial charge in [-0.2, -0.15) is 0 Å². The summed E-state index contributed by atoms with van der Waals surface area (Å²) in [7, 11) is 2.03. The number of hydrogen-bond donors (Lipinski definition) is 1. The van der Waals surface area contributed by atoms with Gasteiger partial charge in [0.05, 0.1) is 5.92 Å². The summed E-state index contributed by atoms with van der Waals surface area (Å²) in [6.07, 6.45) is 2.56. The molecule has 124 valence electrons. The number of carbonyl (C=O) groups excluding carboxylic acids is 2. The van der Waals surface area contributed by atoms with Crippen LogP contribution in [0.4, 0.5) is 5.69 Å². The third-order valence-electron chi connectivity index (χ3n) is 4.91. The number of likely N-dealkylation sites (N-methyl/N-ethyl adjacent to an activating group) is 1. The van der Waals surface area contributed by atoms with Crippen LogP contribution in [0, 0.1) is 5.92 Å². The van der Waals surface area contributed by atoms with Crippen molar-refractivity contribution >= 4 is 17.5 Å². The fourth-order valence-electron chi connectivity index (χ4n) is 3.09. The molecule has 1 aliphatic heterocycles. The summed E-state index contributed by atoms with van der Waals surface area (Å²) in [5.74, 6) is -0.0331. The molecule has 1 N–H and O–H groups in total. The lowest BCUT2D eigenvalue weighted by molar-refractivity contribution is -0.129. The van der Waals surface area contributed by atoms with Crippen molar-refractivity contribution in [2.45, 2.75) is 38.3 Å². The number of likely N-dealkylation sites (tertiary alicyclic amines) is 1. The lowest BCUT2D eigenvalue weighted by atomic mass is 10.1. The Morgan fingerprint density at radius 2 is 2.04 bits per heavy atom. The molecule has 1 aromatic rings. The average Bonchev–Trinajstić information content (AvgIpc) is 3.34. The summed E-state index contributed by atoms with van der Waals surface area (Å²) in [4.78, 5) is 28.3. The van der Waals surface area contributed by atoms with Gasteiger partial charge in [0.2, 0.25) is 11.8 Å². The van der Waals surface area contributed by atoms with Crippen molar-refractivity contribution in [1.82, 2.24) is 10.2 Å². The zero-order chi connectivity index (χ0) is 16.4. The van der Waals surface area contributed by atoms with Crippen LogP contribution in [0.2, 0.25) is 0 Å². The van der Waals surface area contributed by atoms with E-state index in [9.17, 15) is 9.59 Å². The molecular formula is C18H25N3O2. The largest absolute Gasteiger partial charge is 0.370 e. The third kappa shape index (κ3) is 3.66. The van der Waals surface area contributed by atoms with Crippen LogP contribution in [-0.2, 0) is 9.59 Å². The van der Waals surface area contributed by atoms with Gasteiger partial charge in [-0.1, -0.05) is 18.2 Å². The van der Waals surface area contributed by atoms with Crippen molar-refractivity contribution in [2.75, 3.05) is 25.0 Å². The number of benzene rings is 1. The molecular weight excluding hydrogens is 290 g/mol. The number of carbonyl (C=O) groups is 2. The second-order valence-electron chi connectivity index (χ2n) is 6.72. The first kappa shape index (κ1) is 15.8. The van der Waals surface area contributed by atoms with Crippen molar-refractivity contribution in [3.8, 4) is 0 Å². The highest BCUT2D eigenvalue weighted by molar-refractivity contribution is 5.89. The molecule has 1 saturated carbocycles. The molecule has 0 aromatic heterocycles. The van der Waals surface area contributed by atoms with Crippen LogP contribution in [0.25, 0.3) is 0 Å². The van der Waals surface area contributed by atoms with E-state index in [0.717, 1.165) is 18.5 Å². The Hall–Kier alpha value is -2.04. The Bertz CT molecular complexity index is 571.